The molecule has 8 nitrogen and oxygen atoms in total. The molecule has 0 spiro atoms. The molecule has 2 N–H and O–H groups in total. The highest BCUT2D eigenvalue weighted by Crippen LogP contribution is 1.94. The van der Waals surface area contributed by atoms with Gasteiger partial charge in [-0.15, -0.1) is 0 Å². The van der Waals surface area contributed by atoms with Gasteiger partial charge in [0, 0.05) is 24.2 Å². The van der Waals surface area contributed by atoms with E-state index in [1.807, 2.05) is 6.92 Å². The van der Waals surface area contributed by atoms with Gasteiger partial charge in [-0.05, 0) is 27.2 Å². The largest absolute Gasteiger partial charge is 0.462 e. The Labute approximate surface area is 167 Å². The maximum absolute atomic E-state index is 11.1. The number of amides is 2. The molecule has 0 aromatic heterocycles. The van der Waals surface area contributed by atoms with E-state index in [2.05, 4.69) is 30.7 Å². The summed E-state index contributed by atoms with van der Waals surface area (Å²) in [6.07, 6.45) is 2.43. The van der Waals surface area contributed by atoms with Gasteiger partial charge in [-0.25, -0.2) is 9.59 Å². The van der Waals surface area contributed by atoms with Gasteiger partial charge in [0.25, 0.3) is 0 Å². The van der Waals surface area contributed by atoms with Crippen molar-refractivity contribution in [2.24, 2.45) is 0 Å². The van der Waals surface area contributed by atoms with Crippen LogP contribution in [0.4, 0.5) is 0 Å². The van der Waals surface area contributed by atoms with Crippen molar-refractivity contribution in [3.8, 4) is 0 Å². The van der Waals surface area contributed by atoms with Crippen molar-refractivity contribution in [3.05, 3.63) is 24.3 Å². The van der Waals surface area contributed by atoms with Crippen LogP contribution >= 0.6 is 0 Å². The van der Waals surface area contributed by atoms with E-state index in [9.17, 15) is 19.2 Å². The van der Waals surface area contributed by atoms with E-state index < -0.39 is 11.9 Å². The maximum Gasteiger partial charge on any atom is 0.333 e. The van der Waals surface area contributed by atoms with Gasteiger partial charge in [0.05, 0.1) is 12.8 Å². The van der Waals surface area contributed by atoms with Gasteiger partial charge in [0.15, 0.2) is 0 Å². The molecule has 8 heteroatoms. The zero-order chi connectivity index (χ0) is 21.9. The number of carbonyl (C=O) groups excluding carboxylic acids is 4. The number of rotatable bonds is 12. The van der Waals surface area contributed by atoms with Crippen molar-refractivity contribution >= 4 is 23.8 Å². The molecule has 0 radical (unpaired) electrons. The van der Waals surface area contributed by atoms with Crippen LogP contribution in [0, 0.1) is 0 Å². The first-order chi connectivity index (χ1) is 13.1. The first-order valence-electron chi connectivity index (χ1n) is 9.34. The second kappa shape index (κ2) is 17.8. The van der Waals surface area contributed by atoms with Crippen LogP contribution in [0.3, 0.4) is 0 Å². The van der Waals surface area contributed by atoms with Crippen LogP contribution < -0.4 is 10.6 Å². The van der Waals surface area contributed by atoms with Crippen molar-refractivity contribution in [3.63, 3.8) is 0 Å². The molecule has 0 saturated carbocycles. The normalized spacial score (nSPS) is 9.29. The van der Waals surface area contributed by atoms with Gasteiger partial charge in [0.1, 0.15) is 13.2 Å². The van der Waals surface area contributed by atoms with E-state index in [0.29, 0.717) is 24.2 Å². The van der Waals surface area contributed by atoms with Gasteiger partial charge < -0.3 is 20.1 Å². The van der Waals surface area contributed by atoms with Crippen molar-refractivity contribution in [1.29, 1.82) is 0 Å². The lowest BCUT2D eigenvalue weighted by atomic mass is 10.3. The molecule has 0 fully saturated rings. The minimum atomic E-state index is -0.454. The van der Waals surface area contributed by atoms with Gasteiger partial charge in [-0.2, -0.15) is 0 Å². The number of carbonyl (C=O) groups is 4. The molecular formula is C20H34N2O6. The molecular weight excluding hydrogens is 364 g/mol. The Morgan fingerprint density at radius 2 is 1.21 bits per heavy atom. The predicted molar refractivity (Wildman–Crippen MR) is 107 cm³/mol. The van der Waals surface area contributed by atoms with Crippen LogP contribution in [0.25, 0.3) is 0 Å². The number of unbranched alkanes of at least 4 members (excludes halogenated alkanes) is 1. The molecule has 0 bridgehead atoms. The number of hydrogen-bond donors (Lipinski definition) is 2. The molecule has 0 rings (SSSR count). The molecule has 0 heterocycles. The lowest BCUT2D eigenvalue weighted by Gasteiger charge is -2.05. The van der Waals surface area contributed by atoms with Crippen LogP contribution in [0.2, 0.25) is 0 Å². The summed E-state index contributed by atoms with van der Waals surface area (Å²) in [7, 11) is 0. The fraction of sp³-hybridized carbons (Fsp3) is 0.600. The first-order valence-corrected chi connectivity index (χ1v) is 9.34. The van der Waals surface area contributed by atoms with Crippen molar-refractivity contribution in [2.75, 3.05) is 26.3 Å². The molecule has 160 valence electrons. The van der Waals surface area contributed by atoms with E-state index >= 15 is 0 Å². The zero-order valence-electron chi connectivity index (χ0n) is 17.5. The Bertz CT molecular complexity index is 543. The lowest BCUT2D eigenvalue weighted by molar-refractivity contribution is -0.141. The van der Waals surface area contributed by atoms with Crippen molar-refractivity contribution in [2.45, 2.75) is 53.4 Å². The molecule has 0 unspecified atom stereocenters. The number of nitrogens with one attached hydrogen (secondary N) is 2. The van der Waals surface area contributed by atoms with E-state index in [1.54, 1.807) is 13.8 Å². The van der Waals surface area contributed by atoms with Crippen molar-refractivity contribution < 1.29 is 28.7 Å². The second-order valence-electron chi connectivity index (χ2n) is 5.99. The van der Waals surface area contributed by atoms with E-state index in [-0.39, 0.29) is 37.9 Å². The minimum Gasteiger partial charge on any atom is -0.462 e. The molecule has 0 saturated heterocycles. The van der Waals surface area contributed by atoms with Crippen LogP contribution in [0.1, 0.15) is 53.4 Å². The molecule has 2 amide bonds. The standard InChI is InChI=1S/C11H19NO3.C9H15NO3/c1-4-5-7-12-10(13)6-8-15-11(14)9(2)3;1-4-10-8(11)5-6-13-9(12)7(2)3/h2,4-8H2,1,3H3,(H,12,13);2,4-6H2,1,3H3,(H,10,11). The summed E-state index contributed by atoms with van der Waals surface area (Å²) in [5, 5.41) is 5.33. The highest BCUT2D eigenvalue weighted by atomic mass is 16.5. The number of esters is 2. The van der Waals surface area contributed by atoms with E-state index in [0.717, 1.165) is 12.8 Å². The highest BCUT2D eigenvalue weighted by Gasteiger charge is 2.06. The van der Waals surface area contributed by atoms with E-state index in [4.69, 9.17) is 9.47 Å². The lowest BCUT2D eigenvalue weighted by Crippen LogP contribution is -2.25. The molecule has 0 atom stereocenters. The van der Waals surface area contributed by atoms with Gasteiger partial charge >= 0.3 is 11.9 Å². The fourth-order valence-corrected chi connectivity index (χ4v) is 1.50. The van der Waals surface area contributed by atoms with Gasteiger partial charge in [-0.1, -0.05) is 26.5 Å². The van der Waals surface area contributed by atoms with Crippen molar-refractivity contribution in [1.82, 2.24) is 10.6 Å². The Morgan fingerprint density at radius 3 is 1.57 bits per heavy atom. The minimum absolute atomic E-state index is 0.0852. The van der Waals surface area contributed by atoms with E-state index in [1.165, 1.54) is 0 Å². The Hall–Kier alpha value is -2.64. The van der Waals surface area contributed by atoms with Crippen LogP contribution in [-0.4, -0.2) is 50.1 Å². The van der Waals surface area contributed by atoms with Crippen LogP contribution in [-0.2, 0) is 28.7 Å². The topological polar surface area (TPSA) is 111 Å². The quantitative estimate of drug-likeness (QED) is 0.296. The molecule has 0 aromatic carbocycles. The summed E-state index contributed by atoms with van der Waals surface area (Å²) >= 11 is 0. The third-order valence-corrected chi connectivity index (χ3v) is 3.05. The summed E-state index contributed by atoms with van der Waals surface area (Å²) < 4.78 is 9.50. The second-order valence-corrected chi connectivity index (χ2v) is 5.99. The maximum atomic E-state index is 11.1. The average molecular weight is 399 g/mol. The number of ether oxygens (including phenoxy) is 2. The summed E-state index contributed by atoms with van der Waals surface area (Å²) in [5.41, 5.74) is 0.692. The highest BCUT2D eigenvalue weighted by molar-refractivity contribution is 5.87. The SMILES string of the molecule is C=C(C)C(=O)OCCC(=O)NCC.C=C(C)C(=O)OCCC(=O)NCCCC. The average Bonchev–Trinajstić information content (AvgIpc) is 2.62. The Morgan fingerprint density at radius 1 is 0.786 bits per heavy atom. The van der Waals surface area contributed by atoms with Gasteiger partial charge in [0.2, 0.25) is 11.8 Å². The summed E-state index contributed by atoms with van der Waals surface area (Å²) in [5.74, 6) is -1.10. The molecule has 0 aliphatic heterocycles. The summed E-state index contributed by atoms with van der Waals surface area (Å²) in [6, 6.07) is 0. The molecule has 0 aliphatic rings. The van der Waals surface area contributed by atoms with Crippen LogP contribution in [0.15, 0.2) is 24.3 Å². The predicted octanol–water partition coefficient (Wildman–Crippen LogP) is 2.04. The fourth-order valence-electron chi connectivity index (χ4n) is 1.50. The summed E-state index contributed by atoms with van der Waals surface area (Å²) in [4.78, 5) is 43.8. The number of hydrogen-bond acceptors (Lipinski definition) is 6. The zero-order valence-corrected chi connectivity index (χ0v) is 17.5. The third-order valence-electron chi connectivity index (χ3n) is 3.05. The third kappa shape index (κ3) is 18.2. The molecule has 28 heavy (non-hydrogen) atoms. The first kappa shape index (κ1) is 27.6. The van der Waals surface area contributed by atoms with Crippen LogP contribution in [0.5, 0.6) is 0 Å². The summed E-state index contributed by atoms with van der Waals surface area (Å²) in [6.45, 7) is 15.4. The van der Waals surface area contributed by atoms with Gasteiger partial charge in [-0.3, -0.25) is 9.59 Å². The smallest absolute Gasteiger partial charge is 0.333 e. The molecule has 0 aliphatic carbocycles. The Balaban J connectivity index is 0. The molecule has 0 aromatic rings. The monoisotopic (exact) mass is 398 g/mol. The Kier molecular flexibility index (Phi) is 17.5.